The Morgan fingerprint density at radius 3 is 1.75 bits per heavy atom. The Balaban J connectivity index is 2.62. The van der Waals surface area contributed by atoms with Gasteiger partial charge in [-0.2, -0.15) is 0 Å². The van der Waals surface area contributed by atoms with Crippen LogP contribution in [0.3, 0.4) is 0 Å². The Labute approximate surface area is 76.3 Å². The molecule has 1 aliphatic rings. The average Bonchev–Trinajstić information content (AvgIpc) is 1.46. The van der Waals surface area contributed by atoms with Crippen molar-refractivity contribution >= 4 is 29.6 Å². The summed E-state index contributed by atoms with van der Waals surface area (Å²) in [5.41, 5.74) is 0. The van der Waals surface area contributed by atoms with Crippen molar-refractivity contribution in [2.45, 2.75) is 23.3 Å². The highest BCUT2D eigenvalue weighted by molar-refractivity contribution is 8.14. The predicted molar refractivity (Wildman–Crippen MR) is 46.4 cm³/mol. The largest absolute Gasteiger partial charge is 0.235 e. The fraction of sp³-hybridized carbons (Fsp3) is 1.00. The minimum absolute atomic E-state index is 0.144. The number of sulfone groups is 1. The molecule has 0 unspecified atom stereocenters. The van der Waals surface area contributed by atoms with E-state index in [1.165, 1.54) is 0 Å². The molecular formula is C5H9ClO4S2. The minimum Gasteiger partial charge on any atom is -0.229 e. The highest BCUT2D eigenvalue weighted by Crippen LogP contribution is 2.33. The van der Waals surface area contributed by atoms with Crippen LogP contribution in [-0.2, 0) is 18.9 Å². The first-order valence-corrected chi connectivity index (χ1v) is 7.66. The molecule has 1 rings (SSSR count). The lowest BCUT2D eigenvalue weighted by Crippen LogP contribution is -2.41. The maximum Gasteiger partial charge on any atom is 0.235 e. The lowest BCUT2D eigenvalue weighted by atomic mass is 9.99. The van der Waals surface area contributed by atoms with E-state index in [9.17, 15) is 16.8 Å². The third-order valence-corrected chi connectivity index (χ3v) is 5.59. The molecular weight excluding hydrogens is 224 g/mol. The van der Waals surface area contributed by atoms with Crippen LogP contribution in [-0.4, -0.2) is 33.6 Å². The smallest absolute Gasteiger partial charge is 0.229 e. The minimum atomic E-state index is -3.55. The second-order valence-corrected chi connectivity index (χ2v) is 8.25. The van der Waals surface area contributed by atoms with Gasteiger partial charge in [-0.1, -0.05) is 0 Å². The van der Waals surface area contributed by atoms with Crippen molar-refractivity contribution in [3.8, 4) is 0 Å². The summed E-state index contributed by atoms with van der Waals surface area (Å²) in [4.78, 5) is 0. The first-order valence-electron chi connectivity index (χ1n) is 3.33. The van der Waals surface area contributed by atoms with Crippen LogP contribution in [0.15, 0.2) is 0 Å². The van der Waals surface area contributed by atoms with Gasteiger partial charge in [-0.15, -0.1) is 0 Å². The van der Waals surface area contributed by atoms with E-state index in [1.54, 1.807) is 0 Å². The molecule has 1 fully saturated rings. The molecule has 12 heavy (non-hydrogen) atoms. The monoisotopic (exact) mass is 232 g/mol. The Morgan fingerprint density at radius 1 is 1.08 bits per heavy atom. The molecule has 0 aromatic rings. The van der Waals surface area contributed by atoms with Crippen molar-refractivity contribution in [3.63, 3.8) is 0 Å². The number of hydrogen-bond donors (Lipinski definition) is 0. The highest BCUT2D eigenvalue weighted by atomic mass is 35.7. The van der Waals surface area contributed by atoms with Gasteiger partial charge in [0.2, 0.25) is 9.05 Å². The molecule has 0 aliphatic heterocycles. The van der Waals surface area contributed by atoms with Gasteiger partial charge in [0.05, 0.1) is 10.5 Å². The Hall–Kier alpha value is 0.190. The first-order chi connectivity index (χ1) is 5.21. The number of halogens is 1. The summed E-state index contributed by atoms with van der Waals surface area (Å²) >= 11 is 0. The molecule has 72 valence electrons. The average molecular weight is 233 g/mol. The number of rotatable bonds is 2. The van der Waals surface area contributed by atoms with Gasteiger partial charge in [0, 0.05) is 16.9 Å². The molecule has 1 aliphatic carbocycles. The van der Waals surface area contributed by atoms with Gasteiger partial charge in [0.15, 0.2) is 0 Å². The van der Waals surface area contributed by atoms with Crippen LogP contribution in [0.5, 0.6) is 0 Å². The van der Waals surface area contributed by atoms with Crippen LogP contribution in [0, 0.1) is 0 Å². The zero-order chi connectivity index (χ0) is 9.57. The molecule has 0 heterocycles. The second-order valence-electron chi connectivity index (χ2n) is 3.02. The van der Waals surface area contributed by atoms with Crippen LogP contribution in [0.1, 0.15) is 12.8 Å². The maximum absolute atomic E-state index is 10.8. The van der Waals surface area contributed by atoms with Crippen molar-refractivity contribution in [2.24, 2.45) is 0 Å². The summed E-state index contributed by atoms with van der Waals surface area (Å²) in [6, 6.07) is 0. The molecule has 0 N–H and O–H groups in total. The fourth-order valence-corrected chi connectivity index (χ4v) is 3.87. The van der Waals surface area contributed by atoms with Crippen molar-refractivity contribution in [3.05, 3.63) is 0 Å². The predicted octanol–water partition coefficient (Wildman–Crippen LogP) is 0.131. The van der Waals surface area contributed by atoms with E-state index in [1.807, 2.05) is 0 Å². The third kappa shape index (κ3) is 2.11. The molecule has 0 spiro atoms. The van der Waals surface area contributed by atoms with Gasteiger partial charge in [-0.3, -0.25) is 0 Å². The molecule has 0 bridgehead atoms. The van der Waals surface area contributed by atoms with E-state index < -0.39 is 29.4 Å². The lowest BCUT2D eigenvalue weighted by Gasteiger charge is -2.30. The summed E-state index contributed by atoms with van der Waals surface area (Å²) in [7, 11) is -1.61. The van der Waals surface area contributed by atoms with Gasteiger partial charge in [0.25, 0.3) is 0 Å². The molecule has 0 saturated heterocycles. The van der Waals surface area contributed by atoms with Crippen LogP contribution >= 0.6 is 10.7 Å². The second kappa shape index (κ2) is 2.85. The maximum atomic E-state index is 10.8. The molecule has 7 heteroatoms. The quantitative estimate of drug-likeness (QED) is 0.635. The molecule has 1 saturated carbocycles. The van der Waals surface area contributed by atoms with E-state index in [-0.39, 0.29) is 12.8 Å². The molecule has 0 radical (unpaired) electrons. The molecule has 0 aromatic heterocycles. The summed E-state index contributed by atoms with van der Waals surface area (Å²) in [6.07, 6.45) is 1.39. The van der Waals surface area contributed by atoms with Crippen molar-refractivity contribution < 1.29 is 16.8 Å². The summed E-state index contributed by atoms with van der Waals surface area (Å²) in [5.74, 6) is 0. The van der Waals surface area contributed by atoms with E-state index in [4.69, 9.17) is 10.7 Å². The van der Waals surface area contributed by atoms with Gasteiger partial charge in [-0.25, -0.2) is 16.8 Å². The van der Waals surface area contributed by atoms with Gasteiger partial charge >= 0.3 is 0 Å². The zero-order valence-corrected chi connectivity index (χ0v) is 8.79. The van der Waals surface area contributed by atoms with Crippen LogP contribution in [0.2, 0.25) is 0 Å². The van der Waals surface area contributed by atoms with E-state index in [2.05, 4.69) is 0 Å². The third-order valence-electron chi connectivity index (χ3n) is 2.06. The Kier molecular flexibility index (Phi) is 2.44. The standard InChI is InChI=1S/C5H9ClO4S2/c1-11(7,8)4-2-5(3-4)12(6,9)10/h4-5H,2-3H2,1H3. The SMILES string of the molecule is CS(=O)(=O)C1CC(S(=O)(=O)Cl)C1. The highest BCUT2D eigenvalue weighted by Gasteiger charge is 2.42. The van der Waals surface area contributed by atoms with Crippen molar-refractivity contribution in [1.29, 1.82) is 0 Å². The van der Waals surface area contributed by atoms with Crippen LogP contribution in [0.4, 0.5) is 0 Å². The lowest BCUT2D eigenvalue weighted by molar-refractivity contribution is 0.469. The Morgan fingerprint density at radius 2 is 1.50 bits per heavy atom. The van der Waals surface area contributed by atoms with E-state index in [0.717, 1.165) is 6.26 Å². The van der Waals surface area contributed by atoms with Gasteiger partial charge in [-0.05, 0) is 12.8 Å². The summed E-state index contributed by atoms with van der Waals surface area (Å²) in [6.45, 7) is 0. The number of hydrogen-bond acceptors (Lipinski definition) is 4. The van der Waals surface area contributed by atoms with Crippen LogP contribution in [0.25, 0.3) is 0 Å². The van der Waals surface area contributed by atoms with Crippen molar-refractivity contribution in [2.75, 3.05) is 6.26 Å². The molecule has 0 aromatic carbocycles. The van der Waals surface area contributed by atoms with Gasteiger partial charge < -0.3 is 0 Å². The van der Waals surface area contributed by atoms with Crippen LogP contribution < -0.4 is 0 Å². The molecule has 4 nitrogen and oxygen atoms in total. The van der Waals surface area contributed by atoms with Crippen molar-refractivity contribution in [1.82, 2.24) is 0 Å². The van der Waals surface area contributed by atoms with E-state index >= 15 is 0 Å². The molecule has 0 atom stereocenters. The summed E-state index contributed by atoms with van der Waals surface area (Å²) in [5, 5.41) is -1.19. The molecule has 0 amide bonds. The topological polar surface area (TPSA) is 68.3 Å². The van der Waals surface area contributed by atoms with Gasteiger partial charge in [0.1, 0.15) is 9.84 Å². The summed E-state index contributed by atoms with van der Waals surface area (Å²) < 4.78 is 43.0. The fourth-order valence-electron chi connectivity index (χ4n) is 1.10. The Bertz CT molecular complexity index is 326. The first kappa shape index (κ1) is 10.3. The zero-order valence-electron chi connectivity index (χ0n) is 6.40. The normalized spacial score (nSPS) is 31.2. The van der Waals surface area contributed by atoms with E-state index in [0.29, 0.717) is 0 Å².